The Morgan fingerprint density at radius 2 is 1.00 bits per heavy atom. The molecule has 0 amide bonds. The molecular formula is C33H60O2Sn2. The minimum atomic E-state index is -2.95. The minimum absolute atomic E-state index is 0.0444. The zero-order valence-corrected chi connectivity index (χ0v) is 31.2. The third kappa shape index (κ3) is 13.8. The fraction of sp³-hybridized carbons (Fsp3) is 0.727. The van der Waals surface area contributed by atoms with Crippen molar-refractivity contribution in [2.45, 2.75) is 145 Å². The van der Waals surface area contributed by atoms with Crippen molar-refractivity contribution in [1.29, 1.82) is 0 Å². The summed E-state index contributed by atoms with van der Waals surface area (Å²) in [4.78, 5) is 13.4. The van der Waals surface area contributed by atoms with Gasteiger partial charge in [-0.15, -0.1) is 0 Å². The van der Waals surface area contributed by atoms with Gasteiger partial charge in [0.25, 0.3) is 0 Å². The summed E-state index contributed by atoms with van der Waals surface area (Å²) in [5, 5.41) is 0. The van der Waals surface area contributed by atoms with Gasteiger partial charge in [0.1, 0.15) is 0 Å². The van der Waals surface area contributed by atoms with Crippen molar-refractivity contribution >= 4 is 49.2 Å². The monoisotopic (exact) mass is 728 g/mol. The number of unbranched alkanes of at least 4 members (excludes halogenated alkanes) is 6. The van der Waals surface area contributed by atoms with Crippen LogP contribution in [0.25, 0.3) is 6.08 Å². The van der Waals surface area contributed by atoms with E-state index >= 15 is 0 Å². The first-order valence-electron chi connectivity index (χ1n) is 16.0. The third-order valence-electron chi connectivity index (χ3n) is 8.13. The molecule has 0 aromatic heterocycles. The molecule has 0 aliphatic carbocycles. The molecule has 212 valence electrons. The number of benzene rings is 1. The van der Waals surface area contributed by atoms with Crippen LogP contribution in [0.15, 0.2) is 28.4 Å². The molecular weight excluding hydrogens is 666 g/mol. The van der Waals surface area contributed by atoms with Crippen LogP contribution in [0, 0.1) is 0 Å². The van der Waals surface area contributed by atoms with Crippen molar-refractivity contribution in [3.63, 3.8) is 0 Å². The van der Waals surface area contributed by atoms with Crippen molar-refractivity contribution < 1.29 is 7.87 Å². The van der Waals surface area contributed by atoms with Gasteiger partial charge in [-0.1, -0.05) is 0 Å². The third-order valence-corrected chi connectivity index (χ3v) is 34.8. The summed E-state index contributed by atoms with van der Waals surface area (Å²) in [5.74, 6) is -0.0444. The summed E-state index contributed by atoms with van der Waals surface area (Å²) in [7, 11) is 0. The summed E-state index contributed by atoms with van der Waals surface area (Å²) < 4.78 is 17.4. The molecule has 0 heterocycles. The Balaban J connectivity index is 3.07. The zero-order valence-electron chi connectivity index (χ0n) is 25.5. The molecule has 0 radical (unpaired) electrons. The maximum atomic E-state index is 13.4. The van der Waals surface area contributed by atoms with Crippen molar-refractivity contribution in [3.8, 4) is 0 Å². The Morgan fingerprint density at radius 1 is 0.622 bits per heavy atom. The van der Waals surface area contributed by atoms with Gasteiger partial charge in [0.2, 0.25) is 0 Å². The Morgan fingerprint density at radius 3 is 1.38 bits per heavy atom. The molecule has 0 spiro atoms. The molecule has 0 unspecified atom stereocenters. The van der Waals surface area contributed by atoms with Gasteiger partial charge in [0.05, 0.1) is 0 Å². The first kappa shape index (κ1) is 35.1. The Labute approximate surface area is 240 Å². The van der Waals surface area contributed by atoms with Crippen LogP contribution >= 0.6 is 0 Å². The van der Waals surface area contributed by atoms with Crippen LogP contribution in [0.5, 0.6) is 0 Å². The molecule has 2 nitrogen and oxygen atoms in total. The first-order valence-corrected chi connectivity index (χ1v) is 30.9. The van der Waals surface area contributed by atoms with Crippen molar-refractivity contribution in [1.82, 2.24) is 0 Å². The molecule has 4 heteroatoms. The van der Waals surface area contributed by atoms with Gasteiger partial charge >= 0.3 is 242 Å². The van der Waals surface area contributed by atoms with E-state index < -0.39 is 37.2 Å². The molecule has 0 saturated carbocycles. The molecule has 0 aliphatic heterocycles. The van der Waals surface area contributed by atoms with E-state index in [1.165, 1.54) is 109 Å². The van der Waals surface area contributed by atoms with E-state index in [-0.39, 0.29) is 5.97 Å². The van der Waals surface area contributed by atoms with Crippen LogP contribution < -0.4 is 0 Å². The van der Waals surface area contributed by atoms with Crippen molar-refractivity contribution in [2.24, 2.45) is 0 Å². The number of rotatable bonds is 22. The topological polar surface area (TPSA) is 26.3 Å². The van der Waals surface area contributed by atoms with Gasteiger partial charge in [-0.2, -0.15) is 0 Å². The summed E-state index contributed by atoms with van der Waals surface area (Å²) in [6, 6.07) is 8.37. The summed E-state index contributed by atoms with van der Waals surface area (Å²) in [6.07, 6.45) is 17.7. The summed E-state index contributed by atoms with van der Waals surface area (Å²) >= 11 is -5.24. The van der Waals surface area contributed by atoms with E-state index in [2.05, 4.69) is 63.8 Å². The normalized spacial score (nSPS) is 12.4. The fourth-order valence-electron chi connectivity index (χ4n) is 5.50. The van der Waals surface area contributed by atoms with E-state index in [4.69, 9.17) is 3.07 Å². The number of carbonyl (C=O) groups is 1. The molecule has 0 fully saturated rings. The van der Waals surface area contributed by atoms with Crippen LogP contribution in [0.1, 0.15) is 135 Å². The molecule has 1 aromatic carbocycles. The molecule has 0 saturated heterocycles. The van der Waals surface area contributed by atoms with E-state index in [1.807, 2.05) is 12.1 Å². The number of hydrogen-bond donors (Lipinski definition) is 0. The summed E-state index contributed by atoms with van der Waals surface area (Å²) in [6.45, 7) is 13.8. The van der Waals surface area contributed by atoms with Gasteiger partial charge in [0.15, 0.2) is 0 Å². The van der Waals surface area contributed by atoms with Crippen LogP contribution in [0.2, 0.25) is 26.6 Å². The van der Waals surface area contributed by atoms with Crippen LogP contribution in [-0.4, -0.2) is 43.1 Å². The van der Waals surface area contributed by atoms with Crippen LogP contribution in [0.3, 0.4) is 0 Å². The van der Waals surface area contributed by atoms with E-state index in [9.17, 15) is 4.79 Å². The SMILES string of the molecule is CCC[CH2][Sn]([CH]=Cc1ccc(C(=O)[O][Sn]([CH2]CCC)([CH2]CCC)[CH2]CCC)cc1)([CH2]CCC)[CH2]CCC. The first-order chi connectivity index (χ1) is 17.9. The predicted molar refractivity (Wildman–Crippen MR) is 171 cm³/mol. The second kappa shape index (κ2) is 20.9. The Bertz CT molecular complexity index is 698. The molecule has 0 atom stereocenters. The zero-order chi connectivity index (χ0) is 27.4. The van der Waals surface area contributed by atoms with Crippen molar-refractivity contribution in [2.75, 3.05) is 0 Å². The molecule has 1 aromatic rings. The molecule has 0 bridgehead atoms. The average molecular weight is 726 g/mol. The molecule has 0 aliphatic rings. The molecule has 0 N–H and O–H groups in total. The Kier molecular flexibility index (Phi) is 19.8. The second-order valence-electron chi connectivity index (χ2n) is 11.5. The van der Waals surface area contributed by atoms with Crippen LogP contribution in [0.4, 0.5) is 0 Å². The van der Waals surface area contributed by atoms with Crippen LogP contribution in [-0.2, 0) is 3.07 Å². The van der Waals surface area contributed by atoms with Gasteiger partial charge in [-0.25, -0.2) is 0 Å². The second-order valence-corrected chi connectivity index (χ2v) is 36.1. The van der Waals surface area contributed by atoms with E-state index in [0.717, 1.165) is 5.56 Å². The quantitative estimate of drug-likeness (QED) is 0.111. The van der Waals surface area contributed by atoms with E-state index in [1.54, 1.807) is 0 Å². The Hall–Kier alpha value is 0.0274. The number of hydrogen-bond acceptors (Lipinski definition) is 2. The average Bonchev–Trinajstić information content (AvgIpc) is 2.93. The van der Waals surface area contributed by atoms with Crippen molar-refractivity contribution in [3.05, 3.63) is 39.5 Å². The maximum absolute atomic E-state index is 13.4. The standard InChI is InChI=1S/C9H7O2.6C4H9.2Sn/c1-2-7-3-5-8(6-4-7)9(10)11;6*1-3-4-2;;/h1-6H,(H,10,11);6*1,3-4H2,2H3;;/q;;;;;;;;+1/p-1. The number of carbonyl (C=O) groups excluding carboxylic acids is 1. The van der Waals surface area contributed by atoms with Gasteiger partial charge in [0, 0.05) is 0 Å². The predicted octanol–water partition coefficient (Wildman–Crippen LogP) is 11.6. The fourth-order valence-corrected chi connectivity index (χ4v) is 32.7. The van der Waals surface area contributed by atoms with Gasteiger partial charge in [-0.3, -0.25) is 0 Å². The molecule has 37 heavy (non-hydrogen) atoms. The van der Waals surface area contributed by atoms with Gasteiger partial charge in [-0.05, 0) is 0 Å². The molecule has 1 rings (SSSR count). The summed E-state index contributed by atoms with van der Waals surface area (Å²) in [5.41, 5.74) is 2.00. The van der Waals surface area contributed by atoms with Gasteiger partial charge < -0.3 is 0 Å². The van der Waals surface area contributed by atoms with E-state index in [0.29, 0.717) is 0 Å².